The third-order valence-electron chi connectivity index (χ3n) is 4.31. The average Bonchev–Trinajstić information content (AvgIpc) is 2.39. The highest BCUT2D eigenvalue weighted by molar-refractivity contribution is 5.15. The van der Waals surface area contributed by atoms with Crippen molar-refractivity contribution in [1.82, 2.24) is 0 Å². The molecule has 2 nitrogen and oxygen atoms in total. The maximum Gasteiger partial charge on any atom is 0.324 e. The number of hydrogen-bond acceptors (Lipinski definition) is 1. The standard InChI is InChI=1S/C10H17N2/c1-9(2)7-4-5-10(3,6-7)8(9)12-11/h7-8H,4-6H2,1-3H3/q+1/t7-,8+,10-/m0/s1. The van der Waals surface area contributed by atoms with Gasteiger partial charge in [-0.3, -0.25) is 0 Å². The van der Waals surface area contributed by atoms with E-state index >= 15 is 0 Å². The van der Waals surface area contributed by atoms with Crippen molar-refractivity contribution in [3.8, 4) is 0 Å². The summed E-state index contributed by atoms with van der Waals surface area (Å²) >= 11 is 0. The molecule has 2 bridgehead atoms. The van der Waals surface area contributed by atoms with E-state index in [0.29, 0.717) is 5.41 Å². The lowest BCUT2D eigenvalue weighted by molar-refractivity contribution is 0.165. The predicted octanol–water partition coefficient (Wildman–Crippen LogP) is 3.05. The predicted molar refractivity (Wildman–Crippen MR) is 48.1 cm³/mol. The number of diazo groups is 1. The van der Waals surface area contributed by atoms with Crippen LogP contribution in [0.5, 0.6) is 0 Å². The van der Waals surface area contributed by atoms with E-state index in [4.69, 9.17) is 5.39 Å². The molecule has 0 unspecified atom stereocenters. The van der Waals surface area contributed by atoms with E-state index in [9.17, 15) is 0 Å². The van der Waals surface area contributed by atoms with Gasteiger partial charge in [0, 0.05) is 0 Å². The first-order valence-corrected chi connectivity index (χ1v) is 4.85. The third kappa shape index (κ3) is 0.722. The molecule has 2 heteroatoms. The Morgan fingerprint density at radius 3 is 2.33 bits per heavy atom. The maximum absolute atomic E-state index is 9.01. The lowest BCUT2D eigenvalue weighted by Crippen LogP contribution is -2.37. The minimum atomic E-state index is 0.170. The van der Waals surface area contributed by atoms with Crippen molar-refractivity contribution in [1.29, 1.82) is 5.39 Å². The zero-order valence-electron chi connectivity index (χ0n) is 8.17. The summed E-state index contributed by atoms with van der Waals surface area (Å²) in [7, 11) is 0. The Balaban J connectivity index is 2.39. The maximum atomic E-state index is 9.01. The van der Waals surface area contributed by atoms with Crippen LogP contribution in [0.2, 0.25) is 0 Å². The number of nitrogens with zero attached hydrogens (tertiary/aromatic N) is 2. The minimum Gasteiger partial charge on any atom is -0.0518 e. The number of rotatable bonds is 0. The van der Waals surface area contributed by atoms with Crippen LogP contribution in [0, 0.1) is 22.1 Å². The number of hydrogen-bond donors (Lipinski definition) is 0. The highest BCUT2D eigenvalue weighted by Gasteiger charge is 2.67. The molecule has 2 fully saturated rings. The molecular weight excluding hydrogens is 148 g/mol. The van der Waals surface area contributed by atoms with Gasteiger partial charge in [0.1, 0.15) is 4.98 Å². The molecule has 0 amide bonds. The zero-order valence-corrected chi connectivity index (χ0v) is 8.17. The second-order valence-corrected chi connectivity index (χ2v) is 5.43. The Morgan fingerprint density at radius 2 is 2.00 bits per heavy atom. The molecule has 2 rings (SSSR count). The number of fused-ring (bicyclic) bond motifs is 2. The largest absolute Gasteiger partial charge is 0.324 e. The molecular formula is C10H17N2+. The van der Waals surface area contributed by atoms with Crippen LogP contribution < -0.4 is 0 Å². The fourth-order valence-electron chi connectivity index (χ4n) is 3.56. The summed E-state index contributed by atoms with van der Waals surface area (Å²) in [5.41, 5.74) is 0.519. The van der Waals surface area contributed by atoms with E-state index in [1.165, 1.54) is 19.3 Å². The molecule has 12 heavy (non-hydrogen) atoms. The first-order chi connectivity index (χ1) is 5.50. The van der Waals surface area contributed by atoms with E-state index in [1.807, 2.05) is 0 Å². The quantitative estimate of drug-likeness (QED) is 0.507. The van der Waals surface area contributed by atoms with Crippen molar-refractivity contribution in [2.24, 2.45) is 16.7 Å². The Morgan fingerprint density at radius 1 is 1.33 bits per heavy atom. The Bertz CT molecular complexity index is 246. The molecule has 0 aromatic rings. The van der Waals surface area contributed by atoms with Crippen LogP contribution in [0.15, 0.2) is 0 Å². The highest BCUT2D eigenvalue weighted by Crippen LogP contribution is 2.63. The SMILES string of the molecule is CC1(C)[C@H]2CC[C@@](C)(C2)[C@@H]1[N+]#N. The summed E-state index contributed by atoms with van der Waals surface area (Å²) < 4.78 is 0. The van der Waals surface area contributed by atoms with Gasteiger partial charge in [-0.2, -0.15) is 0 Å². The van der Waals surface area contributed by atoms with Gasteiger partial charge in [0.2, 0.25) is 5.39 Å². The van der Waals surface area contributed by atoms with Crippen molar-refractivity contribution >= 4 is 0 Å². The van der Waals surface area contributed by atoms with Crippen LogP contribution >= 0.6 is 0 Å². The second-order valence-electron chi connectivity index (χ2n) is 5.43. The molecule has 0 N–H and O–H groups in total. The van der Waals surface area contributed by atoms with Crippen molar-refractivity contribution in [3.05, 3.63) is 4.98 Å². The van der Waals surface area contributed by atoms with Crippen LogP contribution in [-0.2, 0) is 0 Å². The van der Waals surface area contributed by atoms with Gasteiger partial charge in [-0.05, 0) is 25.2 Å². The molecule has 0 aromatic heterocycles. The van der Waals surface area contributed by atoms with Crippen LogP contribution in [0.4, 0.5) is 0 Å². The summed E-state index contributed by atoms with van der Waals surface area (Å²) in [5.74, 6) is 0.781. The summed E-state index contributed by atoms with van der Waals surface area (Å²) in [5, 5.41) is 9.01. The smallest absolute Gasteiger partial charge is 0.0518 e. The third-order valence-corrected chi connectivity index (χ3v) is 4.31. The molecule has 0 heterocycles. The molecule has 66 valence electrons. The van der Waals surface area contributed by atoms with E-state index < -0.39 is 0 Å². The fourth-order valence-corrected chi connectivity index (χ4v) is 3.56. The summed E-state index contributed by atoms with van der Waals surface area (Å²) in [6, 6.07) is 0.170. The van der Waals surface area contributed by atoms with Gasteiger partial charge in [-0.1, -0.05) is 20.8 Å². The van der Waals surface area contributed by atoms with Gasteiger partial charge in [0.25, 0.3) is 0 Å². The second kappa shape index (κ2) is 2.02. The van der Waals surface area contributed by atoms with Crippen molar-refractivity contribution in [2.75, 3.05) is 0 Å². The normalized spacial score (nSPS) is 49.2. The zero-order chi connectivity index (χ0) is 8.98. The fraction of sp³-hybridized carbons (Fsp3) is 1.00. The molecule has 0 radical (unpaired) electrons. The highest BCUT2D eigenvalue weighted by atomic mass is 15.0. The molecule has 2 saturated carbocycles. The van der Waals surface area contributed by atoms with Crippen LogP contribution in [-0.4, -0.2) is 6.04 Å². The van der Waals surface area contributed by atoms with E-state index in [2.05, 4.69) is 25.7 Å². The van der Waals surface area contributed by atoms with E-state index in [1.54, 1.807) is 0 Å². The summed E-state index contributed by atoms with van der Waals surface area (Å²) in [6.07, 6.45) is 3.83. The first-order valence-electron chi connectivity index (χ1n) is 4.85. The van der Waals surface area contributed by atoms with Gasteiger partial charge in [0.15, 0.2) is 0 Å². The van der Waals surface area contributed by atoms with Crippen molar-refractivity contribution in [2.45, 2.75) is 46.1 Å². The van der Waals surface area contributed by atoms with E-state index in [0.717, 1.165) is 5.92 Å². The first kappa shape index (κ1) is 8.04. The molecule has 0 aromatic carbocycles. The van der Waals surface area contributed by atoms with Crippen molar-refractivity contribution < 1.29 is 0 Å². The average molecular weight is 165 g/mol. The Hall–Kier alpha value is -0.580. The molecule has 3 atom stereocenters. The molecule has 2 aliphatic carbocycles. The summed E-state index contributed by atoms with van der Waals surface area (Å²) in [6.45, 7) is 6.76. The van der Waals surface area contributed by atoms with Gasteiger partial charge >= 0.3 is 6.04 Å². The van der Waals surface area contributed by atoms with Gasteiger partial charge in [-0.15, -0.1) is 0 Å². The van der Waals surface area contributed by atoms with Gasteiger partial charge < -0.3 is 0 Å². The lowest BCUT2D eigenvalue weighted by Gasteiger charge is -2.30. The monoisotopic (exact) mass is 165 g/mol. The van der Waals surface area contributed by atoms with Gasteiger partial charge in [-0.25, -0.2) is 0 Å². The molecule has 2 aliphatic rings. The molecule has 0 aliphatic heterocycles. The Kier molecular flexibility index (Phi) is 1.35. The van der Waals surface area contributed by atoms with E-state index in [-0.39, 0.29) is 11.5 Å². The lowest BCUT2D eigenvalue weighted by atomic mass is 9.69. The van der Waals surface area contributed by atoms with Crippen LogP contribution in [0.25, 0.3) is 4.98 Å². The molecule has 0 spiro atoms. The topological polar surface area (TPSA) is 28.1 Å². The van der Waals surface area contributed by atoms with Crippen molar-refractivity contribution in [3.63, 3.8) is 0 Å². The summed E-state index contributed by atoms with van der Waals surface area (Å²) in [4.78, 5) is 3.59. The van der Waals surface area contributed by atoms with Crippen LogP contribution in [0.3, 0.4) is 0 Å². The van der Waals surface area contributed by atoms with Gasteiger partial charge in [0.05, 0.1) is 10.8 Å². The van der Waals surface area contributed by atoms with Crippen LogP contribution in [0.1, 0.15) is 40.0 Å². The minimum absolute atomic E-state index is 0.170. The Labute approximate surface area is 74.0 Å². The molecule has 0 saturated heterocycles.